The zero-order valence-corrected chi connectivity index (χ0v) is 20.4. The quantitative estimate of drug-likeness (QED) is 0.460. The molecule has 2 aromatic carbocycles. The van der Waals surface area contributed by atoms with Crippen molar-refractivity contribution in [1.29, 1.82) is 0 Å². The minimum Gasteiger partial charge on any atom is -0.395 e. The Morgan fingerprint density at radius 2 is 1.95 bits per heavy atom. The van der Waals surface area contributed by atoms with Crippen LogP contribution in [-0.2, 0) is 9.59 Å². The number of nitrogens with zero attached hydrogens (tertiary/aromatic N) is 2. The number of pyridine rings is 1. The molecule has 9 nitrogen and oxygen atoms in total. The highest BCUT2D eigenvalue weighted by atomic mass is 19.3. The summed E-state index contributed by atoms with van der Waals surface area (Å²) >= 11 is 0. The second kappa shape index (κ2) is 10.0. The van der Waals surface area contributed by atoms with Gasteiger partial charge in [-0.05, 0) is 37.3 Å². The molecule has 3 amide bonds. The lowest BCUT2D eigenvalue weighted by Gasteiger charge is -2.25. The molecule has 1 aromatic heterocycles. The highest BCUT2D eigenvalue weighted by Crippen LogP contribution is 2.45. The van der Waals surface area contributed by atoms with Crippen molar-refractivity contribution >= 4 is 28.6 Å². The van der Waals surface area contributed by atoms with E-state index in [-0.39, 0.29) is 35.7 Å². The van der Waals surface area contributed by atoms with E-state index in [1.807, 2.05) is 0 Å². The van der Waals surface area contributed by atoms with Crippen LogP contribution in [0.25, 0.3) is 10.9 Å². The number of para-hydroxylation sites is 1. The summed E-state index contributed by atoms with van der Waals surface area (Å²) in [6.07, 6.45) is -5.59. The van der Waals surface area contributed by atoms with E-state index < -0.39 is 54.6 Å². The summed E-state index contributed by atoms with van der Waals surface area (Å²) in [5.41, 5.74) is 0.580. The predicted octanol–water partition coefficient (Wildman–Crippen LogP) is 3.24. The third-order valence-electron chi connectivity index (χ3n) is 6.44. The molecule has 2 aliphatic heterocycles. The number of halogens is 4. The number of hydrogen-bond acceptors (Lipinski definition) is 6. The molecule has 1 fully saturated rings. The first kappa shape index (κ1) is 26.2. The second-order valence-electron chi connectivity index (χ2n) is 9.18. The highest BCUT2D eigenvalue weighted by Gasteiger charge is 2.45. The van der Waals surface area contributed by atoms with Crippen LogP contribution < -0.4 is 20.1 Å². The van der Waals surface area contributed by atoms with Crippen LogP contribution in [0.5, 0.6) is 11.5 Å². The van der Waals surface area contributed by atoms with Crippen LogP contribution >= 0.6 is 0 Å². The fourth-order valence-electron chi connectivity index (χ4n) is 4.60. The Bertz CT molecular complexity index is 1470. The number of rotatable bonds is 6. The molecule has 39 heavy (non-hydrogen) atoms. The van der Waals surface area contributed by atoms with Crippen molar-refractivity contribution in [3.63, 3.8) is 0 Å². The first-order chi connectivity index (χ1) is 18.5. The van der Waals surface area contributed by atoms with E-state index in [1.165, 1.54) is 55.5 Å². The maximum absolute atomic E-state index is 14.3. The number of fused-ring (bicyclic) bond motifs is 2. The number of nitrogens with one attached hydrogen (secondary N) is 2. The molecule has 3 heterocycles. The van der Waals surface area contributed by atoms with Gasteiger partial charge in [-0.25, -0.2) is 13.8 Å². The molecule has 3 atom stereocenters. The van der Waals surface area contributed by atoms with E-state index in [0.29, 0.717) is 10.9 Å². The number of ether oxygens (including phenoxy) is 2. The molecule has 3 aromatic rings. The van der Waals surface area contributed by atoms with Crippen LogP contribution in [0.15, 0.2) is 48.5 Å². The largest absolute Gasteiger partial charge is 0.586 e. The van der Waals surface area contributed by atoms with E-state index in [1.54, 1.807) is 0 Å². The highest BCUT2D eigenvalue weighted by molar-refractivity contribution is 5.97. The average molecular weight is 546 g/mol. The molecule has 5 rings (SSSR count). The van der Waals surface area contributed by atoms with E-state index in [9.17, 15) is 31.9 Å². The zero-order valence-electron chi connectivity index (χ0n) is 20.4. The molecule has 1 saturated heterocycles. The fourth-order valence-corrected chi connectivity index (χ4v) is 4.60. The molecular formula is C26H22F4N4O5. The molecule has 2 aliphatic rings. The van der Waals surface area contributed by atoms with Crippen LogP contribution in [0.2, 0.25) is 0 Å². The predicted molar refractivity (Wildman–Crippen MR) is 128 cm³/mol. The molecule has 204 valence electrons. The first-order valence-corrected chi connectivity index (χ1v) is 12.0. The number of benzene rings is 2. The van der Waals surface area contributed by atoms with E-state index >= 15 is 0 Å². The average Bonchev–Trinajstić information content (AvgIpc) is 3.44. The van der Waals surface area contributed by atoms with Gasteiger partial charge < -0.3 is 25.0 Å². The normalized spacial score (nSPS) is 20.1. The van der Waals surface area contributed by atoms with E-state index in [4.69, 9.17) is 0 Å². The van der Waals surface area contributed by atoms with Gasteiger partial charge in [-0.15, -0.1) is 8.78 Å². The molecule has 0 spiro atoms. The molecule has 2 N–H and O–H groups in total. The van der Waals surface area contributed by atoms with Gasteiger partial charge in [-0.1, -0.05) is 18.2 Å². The van der Waals surface area contributed by atoms with Gasteiger partial charge in [-0.3, -0.25) is 14.4 Å². The van der Waals surface area contributed by atoms with Crippen molar-refractivity contribution in [3.05, 3.63) is 65.6 Å². The van der Waals surface area contributed by atoms with Gasteiger partial charge in [0, 0.05) is 17.4 Å². The molecule has 0 saturated carbocycles. The summed E-state index contributed by atoms with van der Waals surface area (Å²) in [5.74, 6) is -2.95. The Labute approximate surface area is 219 Å². The van der Waals surface area contributed by atoms with Gasteiger partial charge >= 0.3 is 6.29 Å². The fraction of sp³-hybridized carbons (Fsp3) is 0.308. The number of likely N-dealkylation sites (tertiary alicyclic amines) is 1. The van der Waals surface area contributed by atoms with Gasteiger partial charge in [-0.2, -0.15) is 0 Å². The van der Waals surface area contributed by atoms with Gasteiger partial charge in [0.05, 0.1) is 24.6 Å². The summed E-state index contributed by atoms with van der Waals surface area (Å²) in [6, 6.07) is 8.96. The number of carbonyl (C=O) groups excluding carboxylic acids is 3. The van der Waals surface area contributed by atoms with Gasteiger partial charge in [0.1, 0.15) is 23.7 Å². The van der Waals surface area contributed by atoms with Crippen molar-refractivity contribution in [2.24, 2.45) is 0 Å². The van der Waals surface area contributed by atoms with Crippen molar-refractivity contribution in [3.8, 4) is 11.5 Å². The van der Waals surface area contributed by atoms with Crippen LogP contribution in [0.4, 0.5) is 17.6 Å². The van der Waals surface area contributed by atoms with Crippen molar-refractivity contribution < 1.29 is 41.4 Å². The molecular weight excluding hydrogens is 524 g/mol. The first-order valence-electron chi connectivity index (χ1n) is 12.0. The number of hydrogen-bond donors (Lipinski definition) is 2. The van der Waals surface area contributed by atoms with Crippen molar-refractivity contribution in [1.82, 2.24) is 20.5 Å². The lowest BCUT2D eigenvalue weighted by atomic mass is 10.1. The molecule has 13 heteroatoms. The maximum atomic E-state index is 14.3. The molecule has 0 bridgehead atoms. The molecule has 0 unspecified atom stereocenters. The van der Waals surface area contributed by atoms with Crippen LogP contribution in [0, 0.1) is 5.82 Å². The Hall–Kier alpha value is -4.42. The van der Waals surface area contributed by atoms with Gasteiger partial charge in [0.15, 0.2) is 11.5 Å². The summed E-state index contributed by atoms with van der Waals surface area (Å²) in [5, 5.41) is 5.51. The third-order valence-corrected chi connectivity index (χ3v) is 6.44. The second-order valence-corrected chi connectivity index (χ2v) is 9.18. The lowest BCUT2D eigenvalue weighted by molar-refractivity contribution is -0.287. The van der Waals surface area contributed by atoms with Crippen molar-refractivity contribution in [2.45, 2.75) is 37.9 Å². The van der Waals surface area contributed by atoms with Crippen LogP contribution in [0.3, 0.4) is 0 Å². The van der Waals surface area contributed by atoms with Gasteiger partial charge in [0.2, 0.25) is 11.8 Å². The minimum absolute atomic E-state index is 0.0121. The maximum Gasteiger partial charge on any atom is 0.586 e. The van der Waals surface area contributed by atoms with Crippen LogP contribution in [0.1, 0.15) is 35.4 Å². The number of carbonyl (C=O) groups is 3. The third kappa shape index (κ3) is 5.42. The summed E-state index contributed by atoms with van der Waals surface area (Å²) in [4.78, 5) is 43.6. The van der Waals surface area contributed by atoms with Crippen LogP contribution in [-0.4, -0.2) is 59.2 Å². The Balaban J connectivity index is 1.22. The Morgan fingerprint density at radius 3 is 2.74 bits per heavy atom. The molecule has 0 aliphatic carbocycles. The molecule has 0 radical (unpaired) electrons. The van der Waals surface area contributed by atoms with E-state index in [2.05, 4.69) is 25.1 Å². The smallest absolute Gasteiger partial charge is 0.395 e. The number of aromatic nitrogens is 1. The number of amides is 3. The van der Waals surface area contributed by atoms with E-state index in [0.717, 1.165) is 4.90 Å². The monoisotopic (exact) mass is 546 g/mol. The topological polar surface area (TPSA) is 110 Å². The van der Waals surface area contributed by atoms with Gasteiger partial charge in [0.25, 0.3) is 5.91 Å². The summed E-state index contributed by atoms with van der Waals surface area (Å²) in [6.45, 7) is 0.637. The Kier molecular flexibility index (Phi) is 6.74. The van der Waals surface area contributed by atoms with Crippen molar-refractivity contribution in [2.75, 3.05) is 13.1 Å². The summed E-state index contributed by atoms with van der Waals surface area (Å²) < 4.78 is 63.7. The zero-order chi connectivity index (χ0) is 27.9. The standard InChI is InChI=1S/C26H22F4N4O5/c1-13(17-3-2-4-21-23(17)39-26(29,30)38-21)32-25(37)20-10-16(28)12-34(20)22(35)11-31-24(36)19-7-5-14-9-15(27)6-8-18(14)33-19/h2-9,13,16,20H,10-12H2,1H3,(H,31,36)(H,32,37)/t13-,16+,20-/m0/s1. The lowest BCUT2D eigenvalue weighted by Crippen LogP contribution is -2.49. The SMILES string of the molecule is C[C@H](NC(=O)[C@@H]1C[C@@H](F)CN1C(=O)CNC(=O)c1ccc2cc(F)ccc2n1)c1cccc2c1OC(F)(F)O2. The summed E-state index contributed by atoms with van der Waals surface area (Å²) in [7, 11) is 0. The minimum atomic E-state index is -3.84. The Morgan fingerprint density at radius 1 is 1.15 bits per heavy atom. The number of alkyl halides is 3.